The molecule has 0 fully saturated rings. The number of pyridine rings is 1. The van der Waals surface area contributed by atoms with Crippen molar-refractivity contribution in [1.82, 2.24) is 9.88 Å². The molecule has 1 aliphatic heterocycles. The van der Waals surface area contributed by atoms with E-state index in [1.54, 1.807) is 12.3 Å². The van der Waals surface area contributed by atoms with Crippen molar-refractivity contribution in [3.05, 3.63) is 51.8 Å². The van der Waals surface area contributed by atoms with Crippen molar-refractivity contribution in [2.45, 2.75) is 39.3 Å². The van der Waals surface area contributed by atoms with Crippen molar-refractivity contribution >= 4 is 17.5 Å². The van der Waals surface area contributed by atoms with Gasteiger partial charge in [0.05, 0.1) is 12.6 Å². The molecule has 1 unspecified atom stereocenters. The molecule has 0 N–H and O–H groups in total. The first-order chi connectivity index (χ1) is 9.58. The summed E-state index contributed by atoms with van der Waals surface area (Å²) in [6, 6.07) is 1.87. The highest BCUT2D eigenvalue weighted by molar-refractivity contribution is 6.30. The van der Waals surface area contributed by atoms with Gasteiger partial charge in [-0.1, -0.05) is 29.3 Å². The molecular formula is C16H17ClN2O. The van der Waals surface area contributed by atoms with Crippen LogP contribution in [0.15, 0.2) is 35.6 Å². The van der Waals surface area contributed by atoms with E-state index in [-0.39, 0.29) is 11.9 Å². The molecule has 0 bridgehead atoms. The Labute approximate surface area is 123 Å². The van der Waals surface area contributed by atoms with Gasteiger partial charge in [-0.05, 0) is 38.3 Å². The highest BCUT2D eigenvalue weighted by atomic mass is 35.5. The number of amides is 1. The van der Waals surface area contributed by atoms with E-state index in [4.69, 9.17) is 11.6 Å². The van der Waals surface area contributed by atoms with Crippen LogP contribution in [0.1, 0.15) is 42.6 Å². The molecule has 1 aromatic heterocycles. The Morgan fingerprint density at radius 1 is 1.45 bits per heavy atom. The van der Waals surface area contributed by atoms with Crippen LogP contribution in [0.25, 0.3) is 0 Å². The second-order valence-corrected chi connectivity index (χ2v) is 5.80. The maximum absolute atomic E-state index is 12.5. The van der Waals surface area contributed by atoms with Gasteiger partial charge in [-0.3, -0.25) is 4.79 Å². The molecular weight excluding hydrogens is 272 g/mol. The molecule has 0 radical (unpaired) electrons. The summed E-state index contributed by atoms with van der Waals surface area (Å²) >= 11 is 6.10. The molecule has 4 heteroatoms. The quantitative estimate of drug-likeness (QED) is 0.777. The van der Waals surface area contributed by atoms with Crippen LogP contribution in [0.5, 0.6) is 0 Å². The zero-order chi connectivity index (χ0) is 14.3. The van der Waals surface area contributed by atoms with Crippen molar-refractivity contribution in [3.8, 4) is 0 Å². The van der Waals surface area contributed by atoms with Gasteiger partial charge in [0.25, 0.3) is 5.91 Å². The molecule has 3 nitrogen and oxygen atoms in total. The predicted molar refractivity (Wildman–Crippen MR) is 79.7 cm³/mol. The number of carbonyl (C=O) groups is 1. The fourth-order valence-corrected chi connectivity index (χ4v) is 3.16. The highest BCUT2D eigenvalue weighted by Crippen LogP contribution is 2.32. The van der Waals surface area contributed by atoms with E-state index < -0.39 is 0 Å². The average molecular weight is 289 g/mol. The van der Waals surface area contributed by atoms with Crippen LogP contribution in [-0.4, -0.2) is 21.8 Å². The van der Waals surface area contributed by atoms with Crippen LogP contribution in [0.4, 0.5) is 0 Å². The molecule has 1 aliphatic carbocycles. The summed E-state index contributed by atoms with van der Waals surface area (Å²) in [4.78, 5) is 18.5. The zero-order valence-electron chi connectivity index (χ0n) is 11.7. The van der Waals surface area contributed by atoms with Gasteiger partial charge in [0.1, 0.15) is 5.15 Å². The van der Waals surface area contributed by atoms with Crippen molar-refractivity contribution in [3.63, 3.8) is 0 Å². The third-order valence-electron chi connectivity index (χ3n) is 4.14. The summed E-state index contributed by atoms with van der Waals surface area (Å²) in [6.45, 7) is 4.75. The first-order valence-electron chi connectivity index (χ1n) is 6.89. The topological polar surface area (TPSA) is 33.2 Å². The lowest BCUT2D eigenvalue weighted by Gasteiger charge is -2.28. The monoisotopic (exact) mass is 288 g/mol. The fourth-order valence-electron chi connectivity index (χ4n) is 2.95. The first-order valence-corrected chi connectivity index (χ1v) is 7.27. The third kappa shape index (κ3) is 2.16. The number of hydrogen-bond donors (Lipinski definition) is 0. The third-order valence-corrected chi connectivity index (χ3v) is 4.47. The molecule has 0 saturated carbocycles. The molecule has 3 rings (SSSR count). The van der Waals surface area contributed by atoms with E-state index in [2.05, 4.69) is 31.0 Å². The van der Waals surface area contributed by atoms with Crippen LogP contribution in [0.3, 0.4) is 0 Å². The smallest absolute Gasteiger partial charge is 0.255 e. The van der Waals surface area contributed by atoms with E-state index in [9.17, 15) is 4.79 Å². The van der Waals surface area contributed by atoms with E-state index >= 15 is 0 Å². The maximum atomic E-state index is 12.5. The van der Waals surface area contributed by atoms with E-state index in [1.807, 2.05) is 4.90 Å². The van der Waals surface area contributed by atoms with E-state index in [0.717, 1.165) is 18.4 Å². The molecule has 2 heterocycles. The van der Waals surface area contributed by atoms with Gasteiger partial charge in [-0.25, -0.2) is 4.98 Å². The molecule has 20 heavy (non-hydrogen) atoms. The molecule has 0 aromatic carbocycles. The van der Waals surface area contributed by atoms with Crippen LogP contribution in [0.2, 0.25) is 5.15 Å². The Balaban J connectivity index is 1.89. The normalized spacial score (nSPS) is 19.6. The Hall–Kier alpha value is -1.61. The van der Waals surface area contributed by atoms with Crippen LogP contribution < -0.4 is 0 Å². The number of hydrogen-bond acceptors (Lipinski definition) is 2. The fraction of sp³-hybridized carbons (Fsp3) is 0.375. The van der Waals surface area contributed by atoms with Crippen LogP contribution >= 0.6 is 11.6 Å². The summed E-state index contributed by atoms with van der Waals surface area (Å²) in [5.74, 6) is 0.0601. The molecule has 104 valence electrons. The minimum Gasteiger partial charge on any atom is -0.328 e. The van der Waals surface area contributed by atoms with Crippen molar-refractivity contribution < 1.29 is 4.79 Å². The first kappa shape index (κ1) is 13.4. The van der Waals surface area contributed by atoms with Crippen LogP contribution in [0, 0.1) is 0 Å². The highest BCUT2D eigenvalue weighted by Gasteiger charge is 2.33. The molecule has 2 aliphatic rings. The van der Waals surface area contributed by atoms with E-state index in [1.165, 1.54) is 11.1 Å². The van der Waals surface area contributed by atoms with Crippen molar-refractivity contribution in [2.75, 3.05) is 0 Å². The number of rotatable bonds is 2. The van der Waals surface area contributed by atoms with E-state index in [0.29, 0.717) is 17.3 Å². The minimum atomic E-state index is 0.0601. The van der Waals surface area contributed by atoms with Crippen LogP contribution in [-0.2, 0) is 6.54 Å². The van der Waals surface area contributed by atoms with Gasteiger partial charge in [0.15, 0.2) is 0 Å². The summed E-state index contributed by atoms with van der Waals surface area (Å²) in [5.41, 5.74) is 4.15. The zero-order valence-corrected chi connectivity index (χ0v) is 12.4. The maximum Gasteiger partial charge on any atom is 0.255 e. The average Bonchev–Trinajstić information content (AvgIpc) is 2.77. The lowest BCUT2D eigenvalue weighted by molar-refractivity contribution is 0.0739. The molecule has 0 spiro atoms. The van der Waals surface area contributed by atoms with Gasteiger partial charge in [0.2, 0.25) is 0 Å². The van der Waals surface area contributed by atoms with Gasteiger partial charge < -0.3 is 4.90 Å². The lowest BCUT2D eigenvalue weighted by atomic mass is 9.94. The van der Waals surface area contributed by atoms with Gasteiger partial charge in [-0.15, -0.1) is 0 Å². The number of nitrogens with zero attached hydrogens (tertiary/aromatic N) is 2. The molecule has 1 amide bonds. The Kier molecular flexibility index (Phi) is 3.38. The number of halogens is 1. The van der Waals surface area contributed by atoms with Crippen molar-refractivity contribution in [2.24, 2.45) is 0 Å². The Morgan fingerprint density at radius 2 is 2.25 bits per heavy atom. The Morgan fingerprint density at radius 3 is 2.95 bits per heavy atom. The second kappa shape index (κ2) is 5.06. The number of allylic oxidation sites excluding steroid dienone is 3. The summed E-state index contributed by atoms with van der Waals surface area (Å²) < 4.78 is 0. The summed E-state index contributed by atoms with van der Waals surface area (Å²) in [6.07, 6.45) is 8.10. The van der Waals surface area contributed by atoms with Gasteiger partial charge >= 0.3 is 0 Å². The summed E-state index contributed by atoms with van der Waals surface area (Å²) in [7, 11) is 0. The van der Waals surface area contributed by atoms with Crippen molar-refractivity contribution in [1.29, 1.82) is 0 Å². The number of fused-ring (bicyclic) bond motifs is 1. The standard InChI is InChI=1S/C16H17ClN2O/c1-10-4-3-5-12(8-10)11(2)19-9-14-13(16(19)20)6-7-18-15(14)17/h4,6-8,11H,3,5,9H2,1-2H3. The predicted octanol–water partition coefficient (Wildman–Crippen LogP) is 3.75. The molecule has 0 saturated heterocycles. The Bertz CT molecular complexity index is 633. The van der Waals surface area contributed by atoms with Gasteiger partial charge in [-0.2, -0.15) is 0 Å². The number of carbonyl (C=O) groups excluding carboxylic acids is 1. The minimum absolute atomic E-state index is 0.0601. The lowest BCUT2D eigenvalue weighted by Crippen LogP contribution is -2.35. The molecule has 1 aromatic rings. The number of aromatic nitrogens is 1. The largest absolute Gasteiger partial charge is 0.328 e. The molecule has 1 atom stereocenters. The summed E-state index contributed by atoms with van der Waals surface area (Å²) in [5, 5.41) is 0.444. The SMILES string of the molecule is CC1=CCCC(C(C)N2Cc3c(ccnc3Cl)C2=O)=C1. The second-order valence-electron chi connectivity index (χ2n) is 5.44. The van der Waals surface area contributed by atoms with Gasteiger partial charge in [0, 0.05) is 17.3 Å².